The molecule has 0 aliphatic carbocycles. The molecule has 0 bridgehead atoms. The Morgan fingerprint density at radius 2 is 1.24 bits per heavy atom. The average Bonchev–Trinajstić information content (AvgIpc) is 3.06. The Hall–Kier alpha value is -1.26. The Balaban J connectivity index is 2.08. The molecule has 0 aliphatic rings. The molecule has 112 valence electrons. The minimum Gasteiger partial charge on any atom is -0.207 e. The molecule has 0 aliphatic heterocycles. The Labute approximate surface area is 131 Å². The highest BCUT2D eigenvalue weighted by Gasteiger charge is 2.15. The topological polar surface area (TPSA) is 80.3 Å². The lowest BCUT2D eigenvalue weighted by Crippen LogP contribution is -2.26. The van der Waals surface area contributed by atoms with Crippen LogP contribution in [0.1, 0.15) is 11.1 Å². The summed E-state index contributed by atoms with van der Waals surface area (Å²) < 4.78 is 48.4. The number of thiophene rings is 2. The van der Waals surface area contributed by atoms with Gasteiger partial charge in [0.1, 0.15) is 0 Å². The van der Waals surface area contributed by atoms with E-state index in [4.69, 9.17) is 0 Å². The summed E-state index contributed by atoms with van der Waals surface area (Å²) in [6, 6.07) is 3.45. The first-order valence-electron chi connectivity index (χ1n) is 5.55. The third-order valence-electron chi connectivity index (χ3n) is 2.20. The van der Waals surface area contributed by atoms with Crippen molar-refractivity contribution in [3.63, 3.8) is 0 Å². The summed E-state index contributed by atoms with van der Waals surface area (Å²) in [6.07, 6.45) is 2.66. The number of hydrogen-bond donors (Lipinski definition) is 1. The summed E-state index contributed by atoms with van der Waals surface area (Å²) in [4.78, 5) is 0. The van der Waals surface area contributed by atoms with Crippen molar-refractivity contribution in [3.8, 4) is 0 Å². The zero-order chi connectivity index (χ0) is 15.3. The molecule has 0 spiro atoms. The van der Waals surface area contributed by atoms with Gasteiger partial charge in [-0.25, -0.2) is 16.8 Å². The zero-order valence-electron chi connectivity index (χ0n) is 10.5. The van der Waals surface area contributed by atoms with Crippen LogP contribution < -0.4 is 4.13 Å². The molecule has 0 unspecified atom stereocenters. The Bertz CT molecular complexity index is 757. The van der Waals surface area contributed by atoms with Crippen molar-refractivity contribution < 1.29 is 16.8 Å². The van der Waals surface area contributed by atoms with Gasteiger partial charge in [-0.1, -0.05) is 0 Å². The predicted octanol–water partition coefficient (Wildman–Crippen LogP) is 2.70. The first-order valence-corrected chi connectivity index (χ1v) is 10.5. The summed E-state index contributed by atoms with van der Waals surface area (Å²) in [5.74, 6) is 0. The molecule has 0 atom stereocenters. The molecule has 0 amide bonds. The van der Waals surface area contributed by atoms with E-state index >= 15 is 0 Å². The van der Waals surface area contributed by atoms with Gasteiger partial charge in [0.25, 0.3) is 0 Å². The van der Waals surface area contributed by atoms with Gasteiger partial charge in [0.05, 0.1) is 0 Å². The molecule has 0 fully saturated rings. The maximum absolute atomic E-state index is 11.7. The van der Waals surface area contributed by atoms with Gasteiger partial charge in [0.2, 0.25) is 20.0 Å². The first-order chi connectivity index (χ1) is 9.86. The summed E-state index contributed by atoms with van der Waals surface area (Å²) in [5, 5.41) is 8.73. The molecule has 0 saturated carbocycles. The van der Waals surface area contributed by atoms with E-state index in [-0.39, 0.29) is 0 Å². The second-order valence-corrected chi connectivity index (χ2v) is 8.84. The Kier molecular flexibility index (Phi) is 5.12. The number of sulfonamides is 2. The van der Waals surface area contributed by atoms with Gasteiger partial charge in [-0.05, 0) is 56.9 Å². The van der Waals surface area contributed by atoms with Crippen LogP contribution >= 0.6 is 22.7 Å². The molecule has 2 aromatic heterocycles. The SMILES string of the molecule is O=S(=O)(/C=C\c1ccsc1)NS(=O)(=O)/C=C/c1ccsc1. The quantitative estimate of drug-likeness (QED) is 0.858. The van der Waals surface area contributed by atoms with Gasteiger partial charge >= 0.3 is 0 Å². The number of hydrogen-bond acceptors (Lipinski definition) is 6. The predicted molar refractivity (Wildman–Crippen MR) is 87.7 cm³/mol. The van der Waals surface area contributed by atoms with Crippen LogP contribution in [0.3, 0.4) is 0 Å². The molecule has 1 N–H and O–H groups in total. The van der Waals surface area contributed by atoms with Gasteiger partial charge in [-0.2, -0.15) is 22.7 Å². The standard InChI is InChI=1S/C12H11NO4S4/c14-20(15,7-3-11-1-5-18-9-11)13-21(16,17)8-4-12-2-6-19-10-12/h1-10,13H/b7-3-,8-4+. The van der Waals surface area contributed by atoms with E-state index in [1.807, 2.05) is 0 Å². The summed E-state index contributed by atoms with van der Waals surface area (Å²) in [7, 11) is -8.14. The fraction of sp³-hybridized carbons (Fsp3) is 0. The van der Waals surface area contributed by atoms with E-state index in [2.05, 4.69) is 0 Å². The lowest BCUT2D eigenvalue weighted by atomic mass is 10.3. The van der Waals surface area contributed by atoms with E-state index in [9.17, 15) is 16.8 Å². The van der Waals surface area contributed by atoms with E-state index in [1.165, 1.54) is 34.8 Å². The van der Waals surface area contributed by atoms with Gasteiger partial charge < -0.3 is 0 Å². The Morgan fingerprint density at radius 3 is 1.57 bits per heavy atom. The van der Waals surface area contributed by atoms with Crippen LogP contribution in [0.4, 0.5) is 0 Å². The fourth-order valence-corrected chi connectivity index (χ4v) is 4.96. The van der Waals surface area contributed by atoms with Crippen LogP contribution in [0.25, 0.3) is 12.2 Å². The average molecular weight is 361 g/mol. The second-order valence-electron chi connectivity index (χ2n) is 3.89. The third-order valence-corrected chi connectivity index (χ3v) is 6.45. The van der Waals surface area contributed by atoms with Crippen LogP contribution in [0.5, 0.6) is 0 Å². The smallest absolute Gasteiger partial charge is 0.207 e. The molecule has 9 heteroatoms. The van der Waals surface area contributed by atoms with Crippen LogP contribution in [-0.4, -0.2) is 16.8 Å². The third kappa shape index (κ3) is 5.56. The van der Waals surface area contributed by atoms with Crippen LogP contribution in [-0.2, 0) is 20.0 Å². The lowest BCUT2D eigenvalue weighted by molar-refractivity contribution is 0.587. The minimum atomic E-state index is -4.07. The minimum absolute atomic E-state index is 0.691. The van der Waals surface area contributed by atoms with Crippen molar-refractivity contribution in [2.75, 3.05) is 0 Å². The largest absolute Gasteiger partial charge is 0.246 e. The van der Waals surface area contributed by atoms with Crippen LogP contribution in [0, 0.1) is 0 Å². The van der Waals surface area contributed by atoms with E-state index in [0.29, 0.717) is 11.1 Å². The van der Waals surface area contributed by atoms with Crippen molar-refractivity contribution in [1.29, 1.82) is 0 Å². The molecule has 2 heterocycles. The highest BCUT2D eigenvalue weighted by Crippen LogP contribution is 2.10. The van der Waals surface area contributed by atoms with Gasteiger partial charge in [0.15, 0.2) is 0 Å². The van der Waals surface area contributed by atoms with Crippen molar-refractivity contribution in [2.45, 2.75) is 0 Å². The highest BCUT2D eigenvalue weighted by molar-refractivity contribution is 8.07. The number of rotatable bonds is 6. The van der Waals surface area contributed by atoms with Crippen molar-refractivity contribution >= 4 is 54.9 Å². The Morgan fingerprint density at radius 1 is 0.810 bits per heavy atom. The summed E-state index contributed by atoms with van der Waals surface area (Å²) in [5.41, 5.74) is 1.38. The summed E-state index contributed by atoms with van der Waals surface area (Å²) in [6.45, 7) is 0. The molecule has 0 saturated heterocycles. The first kappa shape index (κ1) is 16.1. The van der Waals surface area contributed by atoms with E-state index in [1.54, 1.807) is 37.8 Å². The molecular formula is C12H11NO4S4. The molecule has 2 aromatic rings. The van der Waals surface area contributed by atoms with Gasteiger partial charge in [0, 0.05) is 10.8 Å². The molecule has 2 rings (SSSR count). The maximum Gasteiger partial charge on any atom is 0.246 e. The van der Waals surface area contributed by atoms with Crippen molar-refractivity contribution in [2.24, 2.45) is 0 Å². The van der Waals surface area contributed by atoms with Crippen molar-refractivity contribution in [1.82, 2.24) is 4.13 Å². The van der Waals surface area contributed by atoms with Crippen molar-refractivity contribution in [3.05, 3.63) is 55.6 Å². The van der Waals surface area contributed by atoms with E-state index < -0.39 is 20.0 Å². The normalized spacial score (nSPS) is 13.3. The van der Waals surface area contributed by atoms with Gasteiger partial charge in [-0.3, -0.25) is 0 Å². The second kappa shape index (κ2) is 6.67. The highest BCUT2D eigenvalue weighted by atomic mass is 32.3. The van der Waals surface area contributed by atoms with E-state index in [0.717, 1.165) is 10.8 Å². The molecule has 0 radical (unpaired) electrons. The summed E-state index contributed by atoms with van der Waals surface area (Å²) >= 11 is 2.83. The van der Waals surface area contributed by atoms with Crippen LogP contribution in [0.2, 0.25) is 0 Å². The molecule has 21 heavy (non-hydrogen) atoms. The monoisotopic (exact) mass is 361 g/mol. The number of nitrogens with one attached hydrogen (secondary N) is 1. The lowest BCUT2D eigenvalue weighted by Gasteiger charge is -1.99. The molecule has 0 aromatic carbocycles. The fourth-order valence-electron chi connectivity index (χ4n) is 1.29. The molecular weight excluding hydrogens is 350 g/mol. The van der Waals surface area contributed by atoms with Crippen LogP contribution in [0.15, 0.2) is 44.5 Å². The maximum atomic E-state index is 11.7. The zero-order valence-corrected chi connectivity index (χ0v) is 13.8. The molecule has 5 nitrogen and oxygen atoms in total. The van der Waals surface area contributed by atoms with Gasteiger partial charge in [-0.15, -0.1) is 4.13 Å².